The van der Waals surface area contributed by atoms with Gasteiger partial charge in [0, 0.05) is 33.5 Å². The third-order valence-corrected chi connectivity index (χ3v) is 10.5. The van der Waals surface area contributed by atoms with E-state index in [1.54, 1.807) is 0 Å². The lowest BCUT2D eigenvalue weighted by Gasteiger charge is -2.28. The summed E-state index contributed by atoms with van der Waals surface area (Å²) in [6.45, 7) is 4.58. The average molecular weight is 643 g/mol. The second-order valence-electron chi connectivity index (χ2n) is 13.7. The summed E-state index contributed by atoms with van der Waals surface area (Å²) in [6.07, 6.45) is 0. The van der Waals surface area contributed by atoms with Crippen LogP contribution >= 0.6 is 0 Å². The van der Waals surface area contributed by atoms with Crippen molar-refractivity contribution in [3.05, 3.63) is 181 Å². The van der Waals surface area contributed by atoms with Crippen LogP contribution in [0.1, 0.15) is 25.2 Å². The summed E-state index contributed by atoms with van der Waals surface area (Å²) >= 11 is 0. The van der Waals surface area contributed by atoms with E-state index in [0.717, 1.165) is 39.6 Å². The topological polar surface area (TPSA) is 26.0 Å². The Labute approximate surface area is 291 Å². The molecule has 1 aliphatic rings. The maximum Gasteiger partial charge on any atom is 0.124 e. The Morgan fingerprint density at radius 1 is 0.480 bits per heavy atom. The molecule has 4 heteroatoms. The number of anilines is 3. The first kappa shape index (κ1) is 28.6. The minimum Gasteiger partial charge on any atom is -0.310 e. The molecule has 10 rings (SSSR count). The van der Waals surface area contributed by atoms with Crippen molar-refractivity contribution in [2.24, 2.45) is 0 Å². The number of hydrogen-bond donors (Lipinski definition) is 0. The molecule has 0 N–H and O–H groups in total. The van der Waals surface area contributed by atoms with Crippen LogP contribution in [0.25, 0.3) is 55.3 Å². The van der Waals surface area contributed by atoms with Gasteiger partial charge in [0.2, 0.25) is 0 Å². The highest BCUT2D eigenvalue weighted by molar-refractivity contribution is 6.09. The lowest BCUT2D eigenvalue weighted by Crippen LogP contribution is -2.17. The number of nitrogens with zero attached hydrogens (tertiary/aromatic N) is 4. The van der Waals surface area contributed by atoms with Crippen molar-refractivity contribution in [1.29, 1.82) is 0 Å². The molecule has 4 nitrogen and oxygen atoms in total. The monoisotopic (exact) mass is 642 g/mol. The summed E-state index contributed by atoms with van der Waals surface area (Å²) < 4.78 is 4.71. The quantitative estimate of drug-likeness (QED) is 0.187. The van der Waals surface area contributed by atoms with E-state index in [4.69, 9.17) is 4.98 Å². The average Bonchev–Trinajstić information content (AvgIpc) is 3.79. The first-order valence-corrected chi connectivity index (χ1v) is 17.2. The second kappa shape index (κ2) is 10.8. The summed E-state index contributed by atoms with van der Waals surface area (Å²) in [5.41, 5.74) is 13.7. The molecule has 2 aromatic heterocycles. The predicted octanol–water partition coefficient (Wildman–Crippen LogP) is 11.9. The number of hydrogen-bond acceptors (Lipinski definition) is 2. The van der Waals surface area contributed by atoms with Crippen molar-refractivity contribution < 1.29 is 0 Å². The van der Waals surface area contributed by atoms with E-state index < -0.39 is 0 Å². The molecule has 0 unspecified atom stereocenters. The van der Waals surface area contributed by atoms with Gasteiger partial charge < -0.3 is 9.47 Å². The lowest BCUT2D eigenvalue weighted by atomic mass is 9.85. The van der Waals surface area contributed by atoms with Gasteiger partial charge >= 0.3 is 0 Å². The fourth-order valence-electron chi connectivity index (χ4n) is 8.00. The molecule has 0 bridgehead atoms. The molecule has 0 aliphatic carbocycles. The number of imidazole rings is 1. The van der Waals surface area contributed by atoms with Crippen LogP contribution in [0.15, 0.2) is 170 Å². The van der Waals surface area contributed by atoms with Crippen LogP contribution in [0.5, 0.6) is 0 Å². The van der Waals surface area contributed by atoms with E-state index >= 15 is 0 Å². The Bertz CT molecular complexity index is 2660. The zero-order valence-corrected chi connectivity index (χ0v) is 28.0. The van der Waals surface area contributed by atoms with Crippen molar-refractivity contribution in [3.63, 3.8) is 0 Å². The minimum atomic E-state index is -0.256. The van der Waals surface area contributed by atoms with Gasteiger partial charge in [-0.2, -0.15) is 0 Å². The molecule has 0 radical (unpaired) electrons. The molecule has 0 amide bonds. The van der Waals surface area contributed by atoms with E-state index in [-0.39, 0.29) is 5.41 Å². The number of fused-ring (bicyclic) bond motifs is 8. The first-order valence-electron chi connectivity index (χ1n) is 17.2. The molecule has 0 atom stereocenters. The Balaban J connectivity index is 1.12. The minimum absolute atomic E-state index is 0.256. The Morgan fingerprint density at radius 3 is 1.70 bits per heavy atom. The highest BCUT2D eigenvalue weighted by Crippen LogP contribution is 2.47. The number of para-hydroxylation sites is 4. The molecule has 3 heterocycles. The van der Waals surface area contributed by atoms with E-state index in [0.29, 0.717) is 0 Å². The van der Waals surface area contributed by atoms with Crippen LogP contribution < -0.4 is 4.90 Å². The molecule has 0 saturated carbocycles. The molecular weight excluding hydrogens is 609 g/mol. The van der Waals surface area contributed by atoms with Crippen molar-refractivity contribution in [1.82, 2.24) is 14.1 Å². The summed E-state index contributed by atoms with van der Waals surface area (Å²) in [5, 5.41) is 2.53. The number of aromatic nitrogens is 3. The largest absolute Gasteiger partial charge is 0.310 e. The van der Waals surface area contributed by atoms with Crippen LogP contribution in [0, 0.1) is 0 Å². The molecule has 0 fully saturated rings. The summed E-state index contributed by atoms with van der Waals surface area (Å²) in [4.78, 5) is 7.49. The normalized spacial score (nSPS) is 13.2. The van der Waals surface area contributed by atoms with Gasteiger partial charge in [0.05, 0.1) is 33.2 Å². The third-order valence-electron chi connectivity index (χ3n) is 10.5. The zero-order valence-electron chi connectivity index (χ0n) is 28.0. The highest BCUT2D eigenvalue weighted by atomic mass is 15.2. The van der Waals surface area contributed by atoms with Crippen molar-refractivity contribution >= 4 is 49.9 Å². The van der Waals surface area contributed by atoms with E-state index in [2.05, 4.69) is 198 Å². The SMILES string of the molecule is CC1(C)c2cc(N(c3ccc(-c4ccccc4)cc3)c3ccc(-n4c5ccccc5c5ccccc54)cc3)ccc2-n2c1nc1ccccc12. The molecule has 7 aromatic carbocycles. The van der Waals surface area contributed by atoms with Gasteiger partial charge in [-0.3, -0.25) is 4.57 Å². The van der Waals surface area contributed by atoms with Gasteiger partial charge in [0.25, 0.3) is 0 Å². The molecule has 0 saturated heterocycles. The number of benzene rings is 7. The van der Waals surface area contributed by atoms with E-state index in [9.17, 15) is 0 Å². The van der Waals surface area contributed by atoms with Gasteiger partial charge in [-0.1, -0.05) is 91.0 Å². The standard InChI is InChI=1S/C46H34N4/c1-46(2)39-30-36(28-29-43(39)50-44-19-11-8-16-40(44)47-45(46)50)48(33-22-20-32(21-23-33)31-12-4-3-5-13-31)34-24-26-35(27-25-34)49-41-17-9-6-14-37(41)38-15-7-10-18-42(38)49/h3-30H,1-2H3. The second-order valence-corrected chi connectivity index (χ2v) is 13.7. The van der Waals surface area contributed by atoms with Gasteiger partial charge in [-0.05, 0) is 109 Å². The Kier molecular flexibility index (Phi) is 6.19. The fourth-order valence-corrected chi connectivity index (χ4v) is 8.00. The van der Waals surface area contributed by atoms with E-state index in [1.807, 2.05) is 0 Å². The van der Waals surface area contributed by atoms with Crippen molar-refractivity contribution in [2.45, 2.75) is 19.3 Å². The van der Waals surface area contributed by atoms with Crippen LogP contribution in [-0.4, -0.2) is 14.1 Å². The van der Waals surface area contributed by atoms with Gasteiger partial charge in [0.1, 0.15) is 5.82 Å². The maximum atomic E-state index is 5.11. The lowest BCUT2D eigenvalue weighted by molar-refractivity contribution is 0.621. The zero-order chi connectivity index (χ0) is 33.4. The fraction of sp³-hybridized carbons (Fsp3) is 0.0652. The molecule has 0 spiro atoms. The Morgan fingerprint density at radius 2 is 1.02 bits per heavy atom. The van der Waals surface area contributed by atoms with Gasteiger partial charge in [-0.15, -0.1) is 0 Å². The summed E-state index contributed by atoms with van der Waals surface area (Å²) in [7, 11) is 0. The molecular formula is C46H34N4. The van der Waals surface area contributed by atoms with Gasteiger partial charge in [0.15, 0.2) is 0 Å². The molecule has 50 heavy (non-hydrogen) atoms. The molecule has 1 aliphatic heterocycles. The van der Waals surface area contributed by atoms with Crippen LogP contribution in [-0.2, 0) is 5.41 Å². The maximum absolute atomic E-state index is 5.11. The van der Waals surface area contributed by atoms with Crippen LogP contribution in [0.4, 0.5) is 17.1 Å². The van der Waals surface area contributed by atoms with Gasteiger partial charge in [-0.25, -0.2) is 4.98 Å². The van der Waals surface area contributed by atoms with Crippen LogP contribution in [0.2, 0.25) is 0 Å². The summed E-state index contributed by atoms with van der Waals surface area (Å²) in [6, 6.07) is 61.2. The van der Waals surface area contributed by atoms with Crippen molar-refractivity contribution in [3.8, 4) is 22.5 Å². The third kappa shape index (κ3) is 4.21. The smallest absolute Gasteiger partial charge is 0.124 e. The Hall–Kier alpha value is -6.39. The predicted molar refractivity (Wildman–Crippen MR) is 208 cm³/mol. The van der Waals surface area contributed by atoms with Crippen LogP contribution in [0.3, 0.4) is 0 Å². The molecule has 238 valence electrons. The molecule has 9 aromatic rings. The number of rotatable bonds is 5. The highest BCUT2D eigenvalue weighted by Gasteiger charge is 2.39. The first-order chi connectivity index (χ1) is 24.6. The summed E-state index contributed by atoms with van der Waals surface area (Å²) in [5.74, 6) is 1.08. The van der Waals surface area contributed by atoms with E-state index in [1.165, 1.54) is 44.2 Å². The van der Waals surface area contributed by atoms with Crippen molar-refractivity contribution in [2.75, 3.05) is 4.90 Å².